The van der Waals surface area contributed by atoms with E-state index in [1.165, 1.54) is 6.54 Å². The molecule has 0 aliphatic rings. The van der Waals surface area contributed by atoms with Gasteiger partial charge in [-0.3, -0.25) is 4.55 Å². The fourth-order valence-corrected chi connectivity index (χ4v) is 0. The van der Waals surface area contributed by atoms with E-state index in [1.807, 2.05) is 0 Å². The molecule has 0 aromatic heterocycles. The molecule has 1 N–H and O–H groups in total. The maximum atomic E-state index is 8.63. The molecule has 0 unspecified atom stereocenters. The van der Waals surface area contributed by atoms with Crippen LogP contribution in [0.3, 0.4) is 0 Å². The molecule has 5 nitrogen and oxygen atoms in total. The monoisotopic (exact) mass is 185 g/mol. The summed E-state index contributed by atoms with van der Waals surface area (Å²) in [4.78, 5) is 0. The minimum absolute atomic E-state index is 1.07. The minimum atomic E-state index is -4.92. The molecule has 0 heterocycles. The zero-order chi connectivity index (χ0) is 9.71. The number of nitrogens with zero attached hydrogens (tertiary/aromatic N) is 1. The first-order chi connectivity index (χ1) is 4.56. The minimum Gasteiger partial charge on any atom is -0.726 e. The summed E-state index contributed by atoms with van der Waals surface area (Å²) >= 11 is 0. The van der Waals surface area contributed by atoms with Gasteiger partial charge in [-0.2, -0.15) is 0 Å². The lowest BCUT2D eigenvalue weighted by Gasteiger charge is -2.20. The van der Waals surface area contributed by atoms with Gasteiger partial charge in [-0.05, 0) is 6.92 Å². The Morgan fingerprint density at radius 3 is 1.45 bits per heavy atom. The normalized spacial score (nSPS) is 11.8. The van der Waals surface area contributed by atoms with Crippen LogP contribution in [-0.2, 0) is 10.4 Å². The highest BCUT2D eigenvalue weighted by Gasteiger charge is 1.97. The molecule has 11 heavy (non-hydrogen) atoms. The maximum Gasteiger partial charge on any atom is 0.215 e. The second-order valence-electron chi connectivity index (χ2n) is 3.03. The van der Waals surface area contributed by atoms with Gasteiger partial charge in [0, 0.05) is 0 Å². The number of hydrogen-bond acceptors (Lipinski definition) is 3. The Kier molecular flexibility index (Phi) is 5.68. The van der Waals surface area contributed by atoms with Crippen molar-refractivity contribution in [3.63, 3.8) is 0 Å². The molecule has 0 spiro atoms. The molecular formula is C5H15NO4S. The summed E-state index contributed by atoms with van der Waals surface area (Å²) in [5, 5.41) is 0. The van der Waals surface area contributed by atoms with Crippen LogP contribution < -0.4 is 0 Å². The Hall–Kier alpha value is -0.170. The lowest BCUT2D eigenvalue weighted by atomic mass is 10.6. The standard InChI is InChI=1S/C5H14N.H2O4S/c1-5-6(2,3)4;1-5(2,3)4/h5H2,1-4H3;(H2,1,2,3,4)/q+1;/p-1. The zero-order valence-corrected chi connectivity index (χ0v) is 8.05. The van der Waals surface area contributed by atoms with Crippen LogP contribution in [0.2, 0.25) is 0 Å². The zero-order valence-electron chi connectivity index (χ0n) is 7.23. The Labute approximate surface area is 67.8 Å². The van der Waals surface area contributed by atoms with Crippen LogP contribution in [-0.4, -0.2) is 49.7 Å². The first kappa shape index (κ1) is 13.4. The molecule has 0 aromatic rings. The van der Waals surface area contributed by atoms with Crippen molar-refractivity contribution in [1.82, 2.24) is 0 Å². The summed E-state index contributed by atoms with van der Waals surface area (Å²) in [6, 6.07) is 0. The van der Waals surface area contributed by atoms with Crippen molar-refractivity contribution >= 4 is 10.4 Å². The Balaban J connectivity index is 0. The third-order valence-corrected chi connectivity index (χ3v) is 0.949. The smallest absolute Gasteiger partial charge is 0.215 e. The topological polar surface area (TPSA) is 77.4 Å². The van der Waals surface area contributed by atoms with Gasteiger partial charge in [0.15, 0.2) is 0 Å². The molecule has 6 heteroatoms. The summed E-state index contributed by atoms with van der Waals surface area (Å²) in [5.41, 5.74) is 0. The molecule has 0 rings (SSSR count). The van der Waals surface area contributed by atoms with Gasteiger partial charge in [0.2, 0.25) is 10.4 Å². The summed E-state index contributed by atoms with van der Waals surface area (Å²) in [5.74, 6) is 0. The summed E-state index contributed by atoms with van der Waals surface area (Å²) in [6.45, 7) is 3.39. The Morgan fingerprint density at radius 1 is 1.36 bits per heavy atom. The predicted molar refractivity (Wildman–Crippen MR) is 40.9 cm³/mol. The van der Waals surface area contributed by atoms with Gasteiger partial charge in [-0.15, -0.1) is 0 Å². The first-order valence-corrected chi connectivity index (χ1v) is 4.41. The van der Waals surface area contributed by atoms with Crippen molar-refractivity contribution in [2.75, 3.05) is 27.7 Å². The van der Waals surface area contributed by atoms with E-state index in [4.69, 9.17) is 17.5 Å². The van der Waals surface area contributed by atoms with Gasteiger partial charge < -0.3 is 9.04 Å². The van der Waals surface area contributed by atoms with Gasteiger partial charge in [-0.25, -0.2) is 8.42 Å². The van der Waals surface area contributed by atoms with Crippen LogP contribution >= 0.6 is 0 Å². The van der Waals surface area contributed by atoms with Crippen molar-refractivity contribution in [2.24, 2.45) is 0 Å². The molecule has 0 amide bonds. The quantitative estimate of drug-likeness (QED) is 0.346. The summed E-state index contributed by atoms with van der Waals surface area (Å²) in [6.07, 6.45) is 0. The van der Waals surface area contributed by atoms with Crippen LogP contribution in [0, 0.1) is 0 Å². The maximum absolute atomic E-state index is 8.63. The van der Waals surface area contributed by atoms with E-state index in [2.05, 4.69) is 28.1 Å². The van der Waals surface area contributed by atoms with E-state index in [0.717, 1.165) is 4.48 Å². The van der Waals surface area contributed by atoms with Crippen molar-refractivity contribution in [3.05, 3.63) is 0 Å². The Morgan fingerprint density at radius 2 is 1.45 bits per heavy atom. The van der Waals surface area contributed by atoms with E-state index in [-0.39, 0.29) is 0 Å². The molecule has 0 radical (unpaired) electrons. The van der Waals surface area contributed by atoms with Crippen LogP contribution in [0.25, 0.3) is 0 Å². The van der Waals surface area contributed by atoms with E-state index < -0.39 is 10.4 Å². The lowest BCUT2D eigenvalue weighted by Crippen LogP contribution is -2.33. The van der Waals surface area contributed by atoms with Gasteiger partial charge in [-0.1, -0.05) is 0 Å². The van der Waals surface area contributed by atoms with Gasteiger partial charge in [0.1, 0.15) is 0 Å². The lowest BCUT2D eigenvalue weighted by molar-refractivity contribution is -0.868. The fraction of sp³-hybridized carbons (Fsp3) is 1.00. The Bertz CT molecular complexity index is 171. The highest BCUT2D eigenvalue weighted by atomic mass is 32.3. The average molecular weight is 185 g/mol. The second kappa shape index (κ2) is 4.66. The van der Waals surface area contributed by atoms with Crippen LogP contribution in [0.15, 0.2) is 0 Å². The SMILES string of the molecule is CC[N+](C)(C)C.O=S(=O)([O-])O. The van der Waals surface area contributed by atoms with Crippen molar-refractivity contribution in [2.45, 2.75) is 6.92 Å². The van der Waals surface area contributed by atoms with E-state index in [1.54, 1.807) is 0 Å². The molecule has 0 saturated heterocycles. The van der Waals surface area contributed by atoms with Crippen molar-refractivity contribution in [3.8, 4) is 0 Å². The molecule has 0 bridgehead atoms. The molecular weight excluding hydrogens is 170 g/mol. The van der Waals surface area contributed by atoms with E-state index in [0.29, 0.717) is 0 Å². The third kappa shape index (κ3) is 75.2. The van der Waals surface area contributed by atoms with E-state index in [9.17, 15) is 0 Å². The van der Waals surface area contributed by atoms with Crippen LogP contribution in [0.4, 0.5) is 0 Å². The van der Waals surface area contributed by atoms with Gasteiger partial charge >= 0.3 is 0 Å². The molecule has 0 atom stereocenters. The fourth-order valence-electron chi connectivity index (χ4n) is 0. The third-order valence-electron chi connectivity index (χ3n) is 0.949. The molecule has 0 fully saturated rings. The number of rotatable bonds is 1. The second-order valence-corrected chi connectivity index (χ2v) is 3.89. The van der Waals surface area contributed by atoms with Crippen molar-refractivity contribution in [1.29, 1.82) is 0 Å². The molecule has 0 aromatic carbocycles. The first-order valence-electron chi connectivity index (χ1n) is 3.05. The highest BCUT2D eigenvalue weighted by molar-refractivity contribution is 7.79. The van der Waals surface area contributed by atoms with Crippen LogP contribution in [0.1, 0.15) is 6.92 Å². The molecule has 0 aliphatic heterocycles. The molecule has 0 aliphatic carbocycles. The number of quaternary nitrogens is 1. The largest absolute Gasteiger partial charge is 0.726 e. The predicted octanol–water partition coefficient (Wildman–Crippen LogP) is -0.283. The van der Waals surface area contributed by atoms with Crippen LogP contribution in [0.5, 0.6) is 0 Å². The molecule has 0 saturated carbocycles. The van der Waals surface area contributed by atoms with Crippen molar-refractivity contribution < 1.29 is 22.0 Å². The average Bonchev–Trinajstić information content (AvgIpc) is 1.59. The van der Waals surface area contributed by atoms with Gasteiger partial charge in [0.05, 0.1) is 27.7 Å². The number of hydrogen-bond donors (Lipinski definition) is 1. The summed E-state index contributed by atoms with van der Waals surface area (Å²) < 4.78 is 33.9. The molecule has 70 valence electrons. The van der Waals surface area contributed by atoms with Gasteiger partial charge in [0.25, 0.3) is 0 Å². The van der Waals surface area contributed by atoms with E-state index >= 15 is 0 Å². The summed E-state index contributed by atoms with van der Waals surface area (Å²) in [7, 11) is 1.62. The highest BCUT2D eigenvalue weighted by Crippen LogP contribution is 1.83.